The number of hydrogen-bond donors (Lipinski definition) is 0. The Balaban J connectivity index is 1.96. The highest BCUT2D eigenvalue weighted by atomic mass is 19.4. The van der Waals surface area contributed by atoms with Crippen molar-refractivity contribution in [3.05, 3.63) is 109 Å². The van der Waals surface area contributed by atoms with Gasteiger partial charge in [0.1, 0.15) is 0 Å². The Hall–Kier alpha value is -3.67. The van der Waals surface area contributed by atoms with Gasteiger partial charge in [-0.2, -0.15) is 13.2 Å². The van der Waals surface area contributed by atoms with Crippen molar-refractivity contribution in [2.45, 2.75) is 19.1 Å². The second kappa shape index (κ2) is 8.60. The Morgan fingerprint density at radius 3 is 1.87 bits per heavy atom. The SMILES string of the molecule is CC(c1c(-c2ccccc2)cccc1C(F)(F)F)N(c1cccnc1)c1cccnc1. The second-order valence-corrected chi connectivity index (χ2v) is 7.10. The maximum Gasteiger partial charge on any atom is 0.416 e. The van der Waals surface area contributed by atoms with Crippen LogP contribution in [0.5, 0.6) is 0 Å². The van der Waals surface area contributed by atoms with Crippen molar-refractivity contribution in [3.8, 4) is 11.1 Å². The number of alkyl halides is 3. The van der Waals surface area contributed by atoms with Crippen LogP contribution in [-0.4, -0.2) is 9.97 Å². The average molecular weight is 419 g/mol. The van der Waals surface area contributed by atoms with Crippen LogP contribution < -0.4 is 4.90 Å². The largest absolute Gasteiger partial charge is 0.416 e. The van der Waals surface area contributed by atoms with Crippen LogP contribution in [0.25, 0.3) is 11.1 Å². The Morgan fingerprint density at radius 2 is 1.35 bits per heavy atom. The minimum atomic E-state index is -4.50. The van der Waals surface area contributed by atoms with Crippen LogP contribution >= 0.6 is 0 Å². The molecule has 6 heteroatoms. The maximum absolute atomic E-state index is 14.1. The number of hydrogen-bond acceptors (Lipinski definition) is 3. The Kier molecular flexibility index (Phi) is 5.71. The fraction of sp³-hybridized carbons (Fsp3) is 0.120. The summed E-state index contributed by atoms with van der Waals surface area (Å²) >= 11 is 0. The predicted molar refractivity (Wildman–Crippen MR) is 116 cm³/mol. The fourth-order valence-electron chi connectivity index (χ4n) is 3.85. The van der Waals surface area contributed by atoms with E-state index in [0.29, 0.717) is 16.9 Å². The van der Waals surface area contributed by atoms with E-state index in [1.54, 1.807) is 49.9 Å². The summed E-state index contributed by atoms with van der Waals surface area (Å²) in [5, 5.41) is 0. The van der Waals surface area contributed by atoms with Gasteiger partial charge in [-0.15, -0.1) is 0 Å². The molecule has 2 heterocycles. The van der Waals surface area contributed by atoms with E-state index in [-0.39, 0.29) is 5.56 Å². The van der Waals surface area contributed by atoms with Crippen LogP contribution in [0.4, 0.5) is 24.5 Å². The van der Waals surface area contributed by atoms with Crippen LogP contribution in [0.3, 0.4) is 0 Å². The lowest BCUT2D eigenvalue weighted by Gasteiger charge is -2.34. The van der Waals surface area contributed by atoms with Gasteiger partial charge in [-0.1, -0.05) is 42.5 Å². The standard InChI is InChI=1S/C25H20F3N3/c1-18(31(20-10-6-14-29-16-20)21-11-7-15-30-17-21)24-22(19-8-3-2-4-9-19)12-5-13-23(24)25(26,27)28/h2-18H,1H3. The van der Waals surface area contributed by atoms with Gasteiger partial charge in [0.2, 0.25) is 0 Å². The zero-order valence-electron chi connectivity index (χ0n) is 16.8. The minimum Gasteiger partial charge on any atom is -0.332 e. The van der Waals surface area contributed by atoms with Gasteiger partial charge in [-0.3, -0.25) is 9.97 Å². The molecule has 3 nitrogen and oxygen atoms in total. The summed E-state index contributed by atoms with van der Waals surface area (Å²) in [6.45, 7) is 1.77. The van der Waals surface area contributed by atoms with Crippen molar-refractivity contribution in [1.29, 1.82) is 0 Å². The van der Waals surface area contributed by atoms with E-state index < -0.39 is 17.8 Å². The first-order valence-corrected chi connectivity index (χ1v) is 9.81. The first kappa shape index (κ1) is 20.6. The minimum absolute atomic E-state index is 0.203. The second-order valence-electron chi connectivity index (χ2n) is 7.10. The quantitative estimate of drug-likeness (QED) is 0.347. The van der Waals surface area contributed by atoms with Crippen molar-refractivity contribution in [3.63, 3.8) is 0 Å². The van der Waals surface area contributed by atoms with Crippen LogP contribution in [0, 0.1) is 0 Å². The molecule has 0 aliphatic carbocycles. The molecule has 31 heavy (non-hydrogen) atoms. The summed E-state index contributed by atoms with van der Waals surface area (Å²) in [6.07, 6.45) is 2.05. The summed E-state index contributed by atoms with van der Waals surface area (Å²) < 4.78 is 42.4. The number of pyridine rings is 2. The molecule has 0 fully saturated rings. The first-order chi connectivity index (χ1) is 15.0. The van der Waals surface area contributed by atoms with Gasteiger partial charge in [0, 0.05) is 12.4 Å². The zero-order valence-corrected chi connectivity index (χ0v) is 16.8. The van der Waals surface area contributed by atoms with Gasteiger partial charge >= 0.3 is 6.18 Å². The summed E-state index contributed by atoms with van der Waals surface area (Å²) in [5.74, 6) is 0. The van der Waals surface area contributed by atoms with Gasteiger partial charge in [0.25, 0.3) is 0 Å². The van der Waals surface area contributed by atoms with E-state index >= 15 is 0 Å². The predicted octanol–water partition coefficient (Wildman–Crippen LogP) is 7.06. The van der Waals surface area contributed by atoms with Gasteiger partial charge in [0.15, 0.2) is 0 Å². The van der Waals surface area contributed by atoms with E-state index in [4.69, 9.17) is 0 Å². The lowest BCUT2D eigenvalue weighted by molar-refractivity contribution is -0.138. The summed E-state index contributed by atoms with van der Waals surface area (Å²) in [6, 6.07) is 20.0. The molecule has 1 unspecified atom stereocenters. The van der Waals surface area contributed by atoms with Gasteiger partial charge in [-0.05, 0) is 53.9 Å². The molecule has 0 saturated carbocycles. The highest BCUT2D eigenvalue weighted by Gasteiger charge is 2.37. The van der Waals surface area contributed by atoms with Gasteiger partial charge in [-0.25, -0.2) is 0 Å². The van der Waals surface area contributed by atoms with Gasteiger partial charge in [0.05, 0.1) is 35.4 Å². The number of anilines is 2. The molecule has 4 rings (SSSR count). The summed E-state index contributed by atoms with van der Waals surface area (Å²) in [4.78, 5) is 10.2. The van der Waals surface area contributed by atoms with E-state index in [0.717, 1.165) is 11.6 Å². The van der Waals surface area contributed by atoms with Crippen molar-refractivity contribution < 1.29 is 13.2 Å². The van der Waals surface area contributed by atoms with Crippen LogP contribution in [0.1, 0.15) is 24.1 Å². The molecule has 0 aliphatic rings. The molecule has 1 atom stereocenters. The highest BCUT2D eigenvalue weighted by molar-refractivity contribution is 5.73. The van der Waals surface area contributed by atoms with Crippen LogP contribution in [0.15, 0.2) is 97.6 Å². The normalized spacial score (nSPS) is 12.4. The molecule has 0 aliphatic heterocycles. The Labute approximate surface area is 178 Å². The molecule has 4 aromatic rings. The van der Waals surface area contributed by atoms with Crippen molar-refractivity contribution in [2.24, 2.45) is 0 Å². The van der Waals surface area contributed by atoms with Gasteiger partial charge < -0.3 is 4.90 Å². The zero-order chi connectivity index (χ0) is 21.8. The van der Waals surface area contributed by atoms with Crippen molar-refractivity contribution in [1.82, 2.24) is 9.97 Å². The molecule has 2 aromatic carbocycles. The van der Waals surface area contributed by atoms with E-state index in [2.05, 4.69) is 9.97 Å². The summed E-state index contributed by atoms with van der Waals surface area (Å²) in [5.41, 5.74) is 2.18. The number of benzene rings is 2. The third-order valence-corrected chi connectivity index (χ3v) is 5.15. The lowest BCUT2D eigenvalue weighted by atomic mass is 9.89. The Morgan fingerprint density at radius 1 is 0.742 bits per heavy atom. The smallest absolute Gasteiger partial charge is 0.332 e. The monoisotopic (exact) mass is 419 g/mol. The number of aromatic nitrogens is 2. The lowest BCUT2D eigenvalue weighted by Crippen LogP contribution is -2.25. The van der Waals surface area contributed by atoms with Crippen molar-refractivity contribution in [2.75, 3.05) is 4.90 Å². The molecular weight excluding hydrogens is 399 g/mol. The van der Waals surface area contributed by atoms with E-state index in [1.165, 1.54) is 6.07 Å². The van der Waals surface area contributed by atoms with E-state index in [1.807, 2.05) is 47.4 Å². The van der Waals surface area contributed by atoms with E-state index in [9.17, 15) is 13.2 Å². The molecule has 2 aromatic heterocycles. The topological polar surface area (TPSA) is 29.0 Å². The average Bonchev–Trinajstić information content (AvgIpc) is 2.80. The molecule has 0 saturated heterocycles. The maximum atomic E-state index is 14.1. The molecule has 0 amide bonds. The molecule has 0 radical (unpaired) electrons. The van der Waals surface area contributed by atoms with Crippen molar-refractivity contribution >= 4 is 11.4 Å². The number of rotatable bonds is 5. The molecule has 156 valence electrons. The summed E-state index contributed by atoms with van der Waals surface area (Å²) in [7, 11) is 0. The molecule has 0 bridgehead atoms. The molecule has 0 spiro atoms. The van der Waals surface area contributed by atoms with Crippen LogP contribution in [-0.2, 0) is 6.18 Å². The highest BCUT2D eigenvalue weighted by Crippen LogP contribution is 2.44. The third-order valence-electron chi connectivity index (χ3n) is 5.15. The number of nitrogens with zero attached hydrogens (tertiary/aromatic N) is 3. The Bertz CT molecular complexity index is 1090. The fourth-order valence-corrected chi connectivity index (χ4v) is 3.85. The first-order valence-electron chi connectivity index (χ1n) is 9.81. The van der Waals surface area contributed by atoms with Crippen LogP contribution in [0.2, 0.25) is 0 Å². The molecule has 0 N–H and O–H groups in total. The number of halogens is 3. The third kappa shape index (κ3) is 4.28. The molecular formula is C25H20F3N3.